The first kappa shape index (κ1) is 14.3. The molecule has 1 unspecified atom stereocenters. The molecule has 5 nitrogen and oxygen atoms in total. The number of nitrogens with two attached hydrogens (primary N) is 1. The maximum Gasteiger partial charge on any atom is 0.292 e. The van der Waals surface area contributed by atoms with E-state index in [0.29, 0.717) is 18.2 Å². The summed E-state index contributed by atoms with van der Waals surface area (Å²) in [5.74, 6) is 0.517. The van der Waals surface area contributed by atoms with Crippen molar-refractivity contribution in [1.29, 1.82) is 0 Å². The summed E-state index contributed by atoms with van der Waals surface area (Å²) in [5, 5.41) is 14.3. The summed E-state index contributed by atoms with van der Waals surface area (Å²) in [6.45, 7) is 0.494. The average molecular weight is 328 g/mol. The highest BCUT2D eigenvalue weighted by molar-refractivity contribution is 9.10. The molecule has 0 amide bonds. The van der Waals surface area contributed by atoms with Crippen LogP contribution >= 0.6 is 15.9 Å². The van der Waals surface area contributed by atoms with E-state index in [9.17, 15) is 10.1 Å². The molecule has 6 heteroatoms. The van der Waals surface area contributed by atoms with Gasteiger partial charge in [0.25, 0.3) is 5.69 Å². The Kier molecular flexibility index (Phi) is 4.76. The molecule has 3 N–H and O–H groups in total. The smallest absolute Gasteiger partial charge is 0.292 e. The van der Waals surface area contributed by atoms with Crippen LogP contribution in [0.2, 0.25) is 0 Å². The van der Waals surface area contributed by atoms with Crippen molar-refractivity contribution in [3.63, 3.8) is 0 Å². The van der Waals surface area contributed by atoms with Gasteiger partial charge < -0.3 is 11.1 Å². The fraction of sp³-hybridized carbons (Fsp3) is 0.538. The third-order valence-corrected chi connectivity index (χ3v) is 4.21. The molecule has 1 aliphatic carbocycles. The molecule has 0 bridgehead atoms. The molecule has 1 fully saturated rings. The van der Waals surface area contributed by atoms with Crippen molar-refractivity contribution in [2.24, 2.45) is 11.7 Å². The Balaban J connectivity index is 2.20. The molecular formula is C13H18BrN3O2. The fourth-order valence-corrected chi connectivity index (χ4v) is 3.07. The molecule has 104 valence electrons. The Hall–Kier alpha value is -1.14. The zero-order chi connectivity index (χ0) is 13.8. The number of hydrogen-bond acceptors (Lipinski definition) is 4. The molecular weight excluding hydrogens is 310 g/mol. The molecule has 0 radical (unpaired) electrons. The fourth-order valence-electron chi connectivity index (χ4n) is 2.71. The Morgan fingerprint density at radius 3 is 2.74 bits per heavy atom. The third-order valence-electron chi connectivity index (χ3n) is 3.72. The number of nitro groups is 1. The molecule has 1 atom stereocenters. The zero-order valence-electron chi connectivity index (χ0n) is 10.6. The van der Waals surface area contributed by atoms with Crippen molar-refractivity contribution in [3.05, 3.63) is 32.8 Å². The number of hydrogen-bond donors (Lipinski definition) is 2. The topological polar surface area (TPSA) is 81.2 Å². The lowest BCUT2D eigenvalue weighted by atomic mass is 9.98. The summed E-state index contributed by atoms with van der Waals surface area (Å²) in [7, 11) is 0. The first-order valence-electron chi connectivity index (χ1n) is 6.52. The zero-order valence-corrected chi connectivity index (χ0v) is 12.2. The lowest BCUT2D eigenvalue weighted by Gasteiger charge is -2.24. The minimum Gasteiger partial charge on any atom is -0.375 e. The molecule has 1 saturated carbocycles. The minimum atomic E-state index is -0.364. The van der Waals surface area contributed by atoms with Crippen LogP contribution in [0.5, 0.6) is 0 Å². The number of halogens is 1. The Morgan fingerprint density at radius 2 is 2.16 bits per heavy atom. The van der Waals surface area contributed by atoms with Crippen LogP contribution in [0.15, 0.2) is 22.7 Å². The molecule has 1 aromatic carbocycles. The molecule has 1 aromatic rings. The Labute approximate surface area is 120 Å². The van der Waals surface area contributed by atoms with Crippen molar-refractivity contribution in [1.82, 2.24) is 0 Å². The molecule has 0 spiro atoms. The second kappa shape index (κ2) is 6.34. The number of nitrogens with one attached hydrogen (secondary N) is 1. The van der Waals surface area contributed by atoms with E-state index in [1.54, 1.807) is 12.1 Å². The second-order valence-corrected chi connectivity index (χ2v) is 5.87. The van der Waals surface area contributed by atoms with E-state index in [2.05, 4.69) is 21.2 Å². The van der Waals surface area contributed by atoms with Crippen molar-refractivity contribution in [2.45, 2.75) is 31.7 Å². The van der Waals surface area contributed by atoms with Crippen LogP contribution in [0.4, 0.5) is 11.4 Å². The highest BCUT2D eigenvalue weighted by Crippen LogP contribution is 2.33. The number of anilines is 1. The van der Waals surface area contributed by atoms with E-state index in [4.69, 9.17) is 5.73 Å². The van der Waals surface area contributed by atoms with Crippen LogP contribution in [-0.2, 0) is 0 Å². The van der Waals surface area contributed by atoms with Crippen LogP contribution in [0.1, 0.15) is 25.7 Å². The van der Waals surface area contributed by atoms with Gasteiger partial charge in [0.05, 0.1) is 4.92 Å². The summed E-state index contributed by atoms with van der Waals surface area (Å²) in [6.07, 6.45) is 4.75. The highest BCUT2D eigenvalue weighted by Gasteiger charge is 2.26. The van der Waals surface area contributed by atoms with Crippen LogP contribution < -0.4 is 11.1 Å². The maximum atomic E-state index is 11.0. The van der Waals surface area contributed by atoms with E-state index >= 15 is 0 Å². The molecule has 2 rings (SSSR count). The van der Waals surface area contributed by atoms with E-state index < -0.39 is 0 Å². The van der Waals surface area contributed by atoms with Gasteiger partial charge in [0.1, 0.15) is 5.69 Å². The van der Waals surface area contributed by atoms with Gasteiger partial charge in [0, 0.05) is 23.1 Å². The summed E-state index contributed by atoms with van der Waals surface area (Å²) >= 11 is 3.35. The minimum absolute atomic E-state index is 0.0969. The van der Waals surface area contributed by atoms with Gasteiger partial charge in [-0.05, 0) is 30.9 Å². The number of nitro benzene ring substituents is 1. The van der Waals surface area contributed by atoms with Crippen molar-refractivity contribution in [3.8, 4) is 0 Å². The quantitative estimate of drug-likeness (QED) is 0.642. The number of benzene rings is 1. The molecule has 0 aromatic heterocycles. The molecule has 0 aliphatic heterocycles. The standard InChI is InChI=1S/C13H18BrN3O2/c14-10-5-6-13(17(18)19)11(7-10)16-12(8-15)9-3-1-2-4-9/h5-7,9,12,16H,1-4,8,15H2. The lowest BCUT2D eigenvalue weighted by Crippen LogP contribution is -2.35. The summed E-state index contributed by atoms with van der Waals surface area (Å²) in [4.78, 5) is 10.7. The van der Waals surface area contributed by atoms with Gasteiger partial charge in [-0.2, -0.15) is 0 Å². The van der Waals surface area contributed by atoms with Gasteiger partial charge in [0.2, 0.25) is 0 Å². The van der Waals surface area contributed by atoms with E-state index in [-0.39, 0.29) is 16.7 Å². The van der Waals surface area contributed by atoms with Gasteiger partial charge >= 0.3 is 0 Å². The number of rotatable bonds is 5. The normalized spacial score (nSPS) is 17.4. The van der Waals surface area contributed by atoms with Crippen LogP contribution in [-0.4, -0.2) is 17.5 Å². The first-order chi connectivity index (χ1) is 9.11. The van der Waals surface area contributed by atoms with Crippen molar-refractivity contribution in [2.75, 3.05) is 11.9 Å². The maximum absolute atomic E-state index is 11.0. The van der Waals surface area contributed by atoms with E-state index in [0.717, 1.165) is 17.3 Å². The molecule has 0 saturated heterocycles. The third kappa shape index (κ3) is 3.45. The van der Waals surface area contributed by atoms with Gasteiger partial charge in [-0.15, -0.1) is 0 Å². The van der Waals surface area contributed by atoms with Crippen molar-refractivity contribution >= 4 is 27.3 Å². The van der Waals surface area contributed by atoms with Gasteiger partial charge in [0.15, 0.2) is 0 Å². The average Bonchev–Trinajstić information content (AvgIpc) is 2.89. The van der Waals surface area contributed by atoms with Crippen LogP contribution in [0, 0.1) is 16.0 Å². The SMILES string of the molecule is NCC(Nc1cc(Br)ccc1[N+](=O)[O-])C1CCCC1. The van der Waals surface area contributed by atoms with Gasteiger partial charge in [-0.1, -0.05) is 28.8 Å². The van der Waals surface area contributed by atoms with E-state index in [1.165, 1.54) is 18.9 Å². The van der Waals surface area contributed by atoms with E-state index in [1.807, 2.05) is 0 Å². The number of nitrogens with zero attached hydrogens (tertiary/aromatic N) is 1. The summed E-state index contributed by atoms with van der Waals surface area (Å²) in [5.41, 5.74) is 6.46. The Morgan fingerprint density at radius 1 is 1.47 bits per heavy atom. The summed E-state index contributed by atoms with van der Waals surface area (Å²) < 4.78 is 0.822. The van der Waals surface area contributed by atoms with Gasteiger partial charge in [-0.25, -0.2) is 0 Å². The first-order valence-corrected chi connectivity index (χ1v) is 7.31. The molecule has 0 heterocycles. The predicted octanol–water partition coefficient (Wildman–Crippen LogP) is 3.29. The lowest BCUT2D eigenvalue weighted by molar-refractivity contribution is -0.384. The van der Waals surface area contributed by atoms with Crippen molar-refractivity contribution < 1.29 is 4.92 Å². The molecule has 19 heavy (non-hydrogen) atoms. The monoisotopic (exact) mass is 327 g/mol. The molecule has 1 aliphatic rings. The Bertz CT molecular complexity index is 461. The predicted molar refractivity (Wildman–Crippen MR) is 79.2 cm³/mol. The van der Waals surface area contributed by atoms with Crippen LogP contribution in [0.25, 0.3) is 0 Å². The highest BCUT2D eigenvalue weighted by atomic mass is 79.9. The second-order valence-electron chi connectivity index (χ2n) is 4.95. The summed E-state index contributed by atoms with van der Waals surface area (Å²) in [6, 6.07) is 5.04. The van der Waals surface area contributed by atoms with Crippen LogP contribution in [0.3, 0.4) is 0 Å². The largest absolute Gasteiger partial charge is 0.375 e. The van der Waals surface area contributed by atoms with Gasteiger partial charge in [-0.3, -0.25) is 10.1 Å².